The van der Waals surface area contributed by atoms with Crippen LogP contribution in [0.25, 0.3) is 0 Å². The van der Waals surface area contributed by atoms with E-state index in [2.05, 4.69) is 23.8 Å². The number of hydrogen-bond acceptors (Lipinski definition) is 6. The van der Waals surface area contributed by atoms with Crippen molar-refractivity contribution < 1.29 is 9.72 Å². The van der Waals surface area contributed by atoms with Crippen molar-refractivity contribution in [3.63, 3.8) is 0 Å². The van der Waals surface area contributed by atoms with Gasteiger partial charge in [0.05, 0.1) is 17.7 Å². The second-order valence-electron chi connectivity index (χ2n) is 7.63. The maximum absolute atomic E-state index is 12.9. The highest BCUT2D eigenvalue weighted by Gasteiger charge is 2.26. The highest BCUT2D eigenvalue weighted by Crippen LogP contribution is 2.28. The van der Waals surface area contributed by atoms with Crippen LogP contribution in [0.3, 0.4) is 0 Å². The number of aromatic nitrogens is 2. The highest BCUT2D eigenvalue weighted by atomic mass is 16.6. The number of para-hydroxylation sites is 2. The van der Waals surface area contributed by atoms with E-state index in [-0.39, 0.29) is 22.6 Å². The number of nitrogens with zero attached hydrogens (tertiary/aromatic N) is 6. The smallest absolute Gasteiger partial charge is 0.292 e. The van der Waals surface area contributed by atoms with Gasteiger partial charge in [-0.05, 0) is 19.9 Å². The second-order valence-corrected chi connectivity index (χ2v) is 7.63. The molecule has 2 aromatic rings. The van der Waals surface area contributed by atoms with Crippen LogP contribution in [0.2, 0.25) is 0 Å². The summed E-state index contributed by atoms with van der Waals surface area (Å²) in [6.07, 6.45) is 3.79. The Morgan fingerprint density at radius 2 is 1.93 bits per heavy atom. The zero-order valence-electron chi connectivity index (χ0n) is 17.2. The number of benzene rings is 1. The summed E-state index contributed by atoms with van der Waals surface area (Å²) in [7, 11) is 1.88. The predicted octanol–water partition coefficient (Wildman–Crippen LogP) is 1.89. The summed E-state index contributed by atoms with van der Waals surface area (Å²) in [5.41, 5.74) is 1.80. The number of amides is 1. The molecule has 156 valence electrons. The Balaban J connectivity index is 1.58. The minimum absolute atomic E-state index is 0.0878. The Kier molecular flexibility index (Phi) is 6.48. The van der Waals surface area contributed by atoms with Crippen LogP contribution in [-0.4, -0.2) is 69.2 Å². The van der Waals surface area contributed by atoms with Crippen molar-refractivity contribution in [1.29, 1.82) is 0 Å². The van der Waals surface area contributed by atoms with E-state index >= 15 is 0 Å². The predicted molar refractivity (Wildman–Crippen MR) is 111 cm³/mol. The molecular weight excluding hydrogens is 372 g/mol. The fourth-order valence-corrected chi connectivity index (χ4v) is 3.57. The molecule has 1 aliphatic rings. The molecule has 0 N–H and O–H groups in total. The SMILES string of the molecule is CC(C)N(CC(=O)N1CCN(c2ccccc2[N+](=O)[O-])CC1)Cc1cnn(C)c1. The van der Waals surface area contributed by atoms with Gasteiger partial charge in [0, 0.05) is 63.6 Å². The van der Waals surface area contributed by atoms with Crippen molar-refractivity contribution >= 4 is 17.3 Å². The third-order valence-electron chi connectivity index (χ3n) is 5.26. The van der Waals surface area contributed by atoms with Crippen LogP contribution in [-0.2, 0) is 18.4 Å². The molecule has 0 aliphatic carbocycles. The molecule has 2 heterocycles. The van der Waals surface area contributed by atoms with Crippen molar-refractivity contribution in [2.45, 2.75) is 26.4 Å². The summed E-state index contributed by atoms with van der Waals surface area (Å²) in [6.45, 7) is 7.47. The lowest BCUT2D eigenvalue weighted by Gasteiger charge is -2.37. The third kappa shape index (κ3) is 5.11. The number of hydrogen-bond donors (Lipinski definition) is 0. The summed E-state index contributed by atoms with van der Waals surface area (Å²) >= 11 is 0. The van der Waals surface area contributed by atoms with Gasteiger partial charge in [-0.2, -0.15) is 5.10 Å². The molecule has 9 nitrogen and oxygen atoms in total. The van der Waals surface area contributed by atoms with Gasteiger partial charge >= 0.3 is 0 Å². The van der Waals surface area contributed by atoms with Crippen molar-refractivity contribution in [2.24, 2.45) is 7.05 Å². The van der Waals surface area contributed by atoms with Gasteiger partial charge in [-0.1, -0.05) is 12.1 Å². The molecule has 1 fully saturated rings. The molecule has 0 radical (unpaired) electrons. The van der Waals surface area contributed by atoms with E-state index in [4.69, 9.17) is 0 Å². The fourth-order valence-electron chi connectivity index (χ4n) is 3.57. The quantitative estimate of drug-likeness (QED) is 0.521. The van der Waals surface area contributed by atoms with E-state index in [0.29, 0.717) is 45.0 Å². The molecule has 1 aromatic carbocycles. The monoisotopic (exact) mass is 400 g/mol. The van der Waals surface area contributed by atoms with Gasteiger partial charge < -0.3 is 9.80 Å². The number of anilines is 1. The van der Waals surface area contributed by atoms with Crippen LogP contribution in [0, 0.1) is 10.1 Å². The van der Waals surface area contributed by atoms with E-state index in [1.54, 1.807) is 22.9 Å². The van der Waals surface area contributed by atoms with E-state index in [9.17, 15) is 14.9 Å². The van der Waals surface area contributed by atoms with E-state index in [1.165, 1.54) is 6.07 Å². The number of piperazine rings is 1. The highest BCUT2D eigenvalue weighted by molar-refractivity contribution is 5.78. The molecule has 9 heteroatoms. The topological polar surface area (TPSA) is 87.8 Å². The molecule has 3 rings (SSSR count). The van der Waals surface area contributed by atoms with Gasteiger partial charge in [-0.3, -0.25) is 24.5 Å². The summed E-state index contributed by atoms with van der Waals surface area (Å²) < 4.78 is 1.76. The van der Waals surface area contributed by atoms with Crippen molar-refractivity contribution in [1.82, 2.24) is 19.6 Å². The molecule has 1 aromatic heterocycles. The van der Waals surface area contributed by atoms with Crippen LogP contribution in [0.5, 0.6) is 0 Å². The average Bonchev–Trinajstić information content (AvgIpc) is 3.12. The Morgan fingerprint density at radius 3 is 2.52 bits per heavy atom. The Hall–Kier alpha value is -2.94. The minimum atomic E-state index is -0.355. The van der Waals surface area contributed by atoms with E-state index < -0.39 is 0 Å². The van der Waals surface area contributed by atoms with Gasteiger partial charge in [0.2, 0.25) is 5.91 Å². The van der Waals surface area contributed by atoms with E-state index in [0.717, 1.165) is 5.56 Å². The van der Waals surface area contributed by atoms with Gasteiger partial charge in [0.25, 0.3) is 5.69 Å². The molecule has 0 unspecified atom stereocenters. The number of carbonyl (C=O) groups is 1. The summed E-state index contributed by atoms with van der Waals surface area (Å²) in [5.74, 6) is 0.0878. The van der Waals surface area contributed by atoms with Crippen molar-refractivity contribution in [3.8, 4) is 0 Å². The van der Waals surface area contributed by atoms with Gasteiger partial charge in [-0.25, -0.2) is 0 Å². The normalized spacial score (nSPS) is 14.7. The minimum Gasteiger partial charge on any atom is -0.362 e. The van der Waals surface area contributed by atoms with Crippen molar-refractivity contribution in [2.75, 3.05) is 37.6 Å². The first kappa shape index (κ1) is 20.8. The first-order valence-corrected chi connectivity index (χ1v) is 9.83. The number of rotatable bonds is 7. The van der Waals surface area contributed by atoms with E-state index in [1.807, 2.05) is 29.2 Å². The molecule has 29 heavy (non-hydrogen) atoms. The molecule has 0 saturated carbocycles. The lowest BCUT2D eigenvalue weighted by molar-refractivity contribution is -0.384. The number of carbonyl (C=O) groups excluding carboxylic acids is 1. The molecule has 1 saturated heterocycles. The van der Waals surface area contributed by atoms with Crippen LogP contribution in [0.4, 0.5) is 11.4 Å². The Bertz CT molecular complexity index is 857. The average molecular weight is 400 g/mol. The third-order valence-corrected chi connectivity index (χ3v) is 5.26. The molecule has 1 aliphatic heterocycles. The summed E-state index contributed by atoms with van der Waals surface area (Å²) in [4.78, 5) is 29.8. The van der Waals surface area contributed by atoms with Crippen molar-refractivity contribution in [3.05, 3.63) is 52.3 Å². The second kappa shape index (κ2) is 9.04. The number of aryl methyl sites for hydroxylation is 1. The molecule has 1 amide bonds. The maximum atomic E-state index is 12.9. The zero-order valence-corrected chi connectivity index (χ0v) is 17.2. The summed E-state index contributed by atoms with van der Waals surface area (Å²) in [6, 6.07) is 6.99. The van der Waals surface area contributed by atoms with Crippen LogP contribution < -0.4 is 4.90 Å². The number of nitro groups is 1. The van der Waals surface area contributed by atoms with Gasteiger partial charge in [0.15, 0.2) is 0 Å². The fraction of sp³-hybridized carbons (Fsp3) is 0.500. The first-order valence-electron chi connectivity index (χ1n) is 9.83. The molecular formula is C20H28N6O3. The van der Waals surface area contributed by atoms with Crippen LogP contribution >= 0.6 is 0 Å². The van der Waals surface area contributed by atoms with Crippen LogP contribution in [0.1, 0.15) is 19.4 Å². The molecule has 0 bridgehead atoms. The molecule has 0 spiro atoms. The van der Waals surface area contributed by atoms with Gasteiger partial charge in [0.1, 0.15) is 5.69 Å². The standard InChI is InChI=1S/C20H28N6O3/c1-16(2)25(14-17-12-21-22(3)13-17)15-20(27)24-10-8-23(9-11-24)18-6-4-5-7-19(18)26(28)29/h4-7,12-13,16H,8-11,14-15H2,1-3H3. The summed E-state index contributed by atoms with van der Waals surface area (Å²) in [5, 5.41) is 15.5. The zero-order chi connectivity index (χ0) is 21.0. The Morgan fingerprint density at radius 1 is 1.24 bits per heavy atom. The van der Waals surface area contributed by atoms with Crippen LogP contribution in [0.15, 0.2) is 36.7 Å². The lowest BCUT2D eigenvalue weighted by Crippen LogP contribution is -2.52. The number of nitro benzene ring substituents is 1. The molecule has 0 atom stereocenters. The first-order chi connectivity index (χ1) is 13.8. The van der Waals surface area contributed by atoms with Gasteiger partial charge in [-0.15, -0.1) is 0 Å². The maximum Gasteiger partial charge on any atom is 0.292 e. The largest absolute Gasteiger partial charge is 0.362 e. The lowest BCUT2D eigenvalue weighted by atomic mass is 10.2. The Labute approximate surface area is 170 Å².